The van der Waals surface area contributed by atoms with Gasteiger partial charge in [0.25, 0.3) is 0 Å². The SMILES string of the molecule is Cc1ccc([S@@](=O)[C@@](Cl)(CC[C@@](Cl)([S@@](=O)c2ccc(C)cc2)C(C)(C)O)C(C)(C)O)cc1. The van der Waals surface area contributed by atoms with E-state index in [-0.39, 0.29) is 12.8 Å². The Morgan fingerprint density at radius 3 is 1.12 bits per heavy atom. The van der Waals surface area contributed by atoms with Crippen LogP contribution in [0.15, 0.2) is 58.3 Å². The molecule has 0 aliphatic heterocycles. The van der Waals surface area contributed by atoms with Gasteiger partial charge in [-0.15, -0.1) is 23.2 Å². The highest BCUT2D eigenvalue weighted by molar-refractivity contribution is 7.88. The van der Waals surface area contributed by atoms with Crippen LogP contribution >= 0.6 is 23.2 Å². The van der Waals surface area contributed by atoms with E-state index >= 15 is 0 Å². The summed E-state index contributed by atoms with van der Waals surface area (Å²) in [6.45, 7) is 9.79. The van der Waals surface area contributed by atoms with Crippen molar-refractivity contribution in [2.75, 3.05) is 0 Å². The summed E-state index contributed by atoms with van der Waals surface area (Å²) in [5.74, 6) is 0. The van der Waals surface area contributed by atoms with E-state index in [1.54, 1.807) is 24.3 Å². The minimum Gasteiger partial charge on any atom is -0.388 e. The molecular weight excluding hydrogens is 487 g/mol. The lowest BCUT2D eigenvalue weighted by Gasteiger charge is -2.42. The highest BCUT2D eigenvalue weighted by Gasteiger charge is 2.54. The van der Waals surface area contributed by atoms with Gasteiger partial charge in [0.15, 0.2) is 8.41 Å². The number of hydrogen-bond donors (Lipinski definition) is 2. The van der Waals surface area contributed by atoms with E-state index in [0.717, 1.165) is 11.1 Å². The van der Waals surface area contributed by atoms with E-state index in [1.807, 2.05) is 38.1 Å². The Labute approximate surface area is 206 Å². The summed E-state index contributed by atoms with van der Waals surface area (Å²) >= 11 is 13.8. The lowest BCUT2D eigenvalue weighted by molar-refractivity contribution is 0.0424. The van der Waals surface area contributed by atoms with Gasteiger partial charge in [-0.05, 0) is 78.6 Å². The van der Waals surface area contributed by atoms with Gasteiger partial charge in [-0.3, -0.25) is 8.42 Å². The molecule has 0 aliphatic carbocycles. The van der Waals surface area contributed by atoms with Crippen LogP contribution in [0.1, 0.15) is 51.7 Å². The van der Waals surface area contributed by atoms with Crippen molar-refractivity contribution in [1.29, 1.82) is 0 Å². The van der Waals surface area contributed by atoms with Crippen LogP contribution < -0.4 is 0 Å². The zero-order chi connectivity index (χ0) is 24.5. The van der Waals surface area contributed by atoms with Gasteiger partial charge in [-0.2, -0.15) is 0 Å². The lowest BCUT2D eigenvalue weighted by atomic mass is 9.94. The predicted molar refractivity (Wildman–Crippen MR) is 134 cm³/mol. The van der Waals surface area contributed by atoms with Crippen LogP contribution in [0.5, 0.6) is 0 Å². The van der Waals surface area contributed by atoms with E-state index < -0.39 is 41.2 Å². The van der Waals surface area contributed by atoms with E-state index in [9.17, 15) is 18.6 Å². The topological polar surface area (TPSA) is 74.6 Å². The molecule has 8 heteroatoms. The van der Waals surface area contributed by atoms with Gasteiger partial charge in [0.1, 0.15) is 0 Å². The van der Waals surface area contributed by atoms with E-state index in [1.165, 1.54) is 27.7 Å². The minimum absolute atomic E-state index is 0.0519. The second kappa shape index (κ2) is 9.85. The van der Waals surface area contributed by atoms with Crippen molar-refractivity contribution < 1.29 is 18.6 Å². The Kier molecular flexibility index (Phi) is 8.46. The summed E-state index contributed by atoms with van der Waals surface area (Å²) in [5, 5.41) is 21.8. The highest BCUT2D eigenvalue weighted by Crippen LogP contribution is 2.47. The van der Waals surface area contributed by atoms with Crippen LogP contribution in [0.25, 0.3) is 0 Å². The second-order valence-corrected chi connectivity index (χ2v) is 14.4. The molecule has 0 aliphatic rings. The molecule has 0 heterocycles. The molecule has 0 amide bonds. The molecule has 0 fully saturated rings. The van der Waals surface area contributed by atoms with E-state index in [4.69, 9.17) is 23.2 Å². The average Bonchev–Trinajstić information content (AvgIpc) is 2.70. The molecular formula is C24H32Cl2O4S2. The molecule has 2 aromatic carbocycles. The van der Waals surface area contributed by atoms with Gasteiger partial charge < -0.3 is 10.2 Å². The van der Waals surface area contributed by atoms with Gasteiger partial charge in [-0.1, -0.05) is 35.4 Å². The molecule has 0 aromatic heterocycles. The molecule has 0 saturated heterocycles. The third kappa shape index (κ3) is 5.65. The summed E-state index contributed by atoms with van der Waals surface area (Å²) in [6.07, 6.45) is -0.104. The predicted octanol–water partition coefficient (Wildman–Crippen LogP) is 5.41. The summed E-state index contributed by atoms with van der Waals surface area (Å²) in [6, 6.07) is 14.1. The monoisotopic (exact) mass is 518 g/mol. The van der Waals surface area contributed by atoms with Gasteiger partial charge in [0, 0.05) is 9.79 Å². The first-order valence-corrected chi connectivity index (χ1v) is 13.4. The number of halogens is 2. The van der Waals surface area contributed by atoms with Gasteiger partial charge in [-0.25, -0.2) is 0 Å². The first kappa shape index (κ1) is 27.5. The van der Waals surface area contributed by atoms with Crippen molar-refractivity contribution in [2.45, 2.75) is 83.8 Å². The number of benzene rings is 2. The molecule has 32 heavy (non-hydrogen) atoms. The molecule has 2 aromatic rings. The molecule has 0 saturated carbocycles. The van der Waals surface area contributed by atoms with E-state index in [2.05, 4.69) is 0 Å². The van der Waals surface area contributed by atoms with Crippen LogP contribution in [-0.2, 0) is 21.6 Å². The first-order valence-electron chi connectivity index (χ1n) is 10.3. The second-order valence-electron chi connectivity index (χ2n) is 9.24. The van der Waals surface area contributed by atoms with Crippen molar-refractivity contribution in [2.24, 2.45) is 0 Å². The third-order valence-electron chi connectivity index (χ3n) is 5.65. The number of aryl methyl sites for hydroxylation is 2. The van der Waals surface area contributed by atoms with Crippen molar-refractivity contribution in [3.63, 3.8) is 0 Å². The fourth-order valence-electron chi connectivity index (χ4n) is 3.27. The van der Waals surface area contributed by atoms with Crippen LogP contribution in [0.4, 0.5) is 0 Å². The third-order valence-corrected chi connectivity index (χ3v) is 11.8. The maximum atomic E-state index is 13.5. The van der Waals surface area contributed by atoms with Crippen molar-refractivity contribution in [3.8, 4) is 0 Å². The lowest BCUT2D eigenvalue weighted by Crippen LogP contribution is -2.53. The van der Waals surface area contributed by atoms with Crippen molar-refractivity contribution >= 4 is 44.8 Å². The smallest absolute Gasteiger partial charge is 0.152 e. The summed E-state index contributed by atoms with van der Waals surface area (Å²) < 4.78 is 23.7. The summed E-state index contributed by atoms with van der Waals surface area (Å²) in [4.78, 5) is 0.937. The minimum atomic E-state index is -1.81. The Bertz CT molecular complexity index is 898. The molecule has 2 rings (SSSR count). The molecule has 178 valence electrons. The number of hydrogen-bond acceptors (Lipinski definition) is 4. The zero-order valence-corrected chi connectivity index (χ0v) is 22.5. The van der Waals surface area contributed by atoms with Crippen LogP contribution in [-0.4, -0.2) is 38.2 Å². The number of aliphatic hydroxyl groups is 2. The Hall–Kier alpha value is -0.760. The largest absolute Gasteiger partial charge is 0.388 e. The molecule has 2 N–H and O–H groups in total. The molecule has 4 nitrogen and oxygen atoms in total. The van der Waals surface area contributed by atoms with Crippen LogP contribution in [0.3, 0.4) is 0 Å². The average molecular weight is 520 g/mol. The quantitative estimate of drug-likeness (QED) is 0.435. The molecule has 0 radical (unpaired) electrons. The number of rotatable bonds is 9. The Balaban J connectivity index is 2.45. The molecule has 0 unspecified atom stereocenters. The van der Waals surface area contributed by atoms with E-state index in [0.29, 0.717) is 9.79 Å². The highest BCUT2D eigenvalue weighted by atomic mass is 35.5. The normalized spacial score (nSPS) is 18.4. The zero-order valence-electron chi connectivity index (χ0n) is 19.3. The van der Waals surface area contributed by atoms with Crippen LogP contribution in [0, 0.1) is 13.8 Å². The fourth-order valence-corrected chi connectivity index (χ4v) is 6.99. The Morgan fingerprint density at radius 1 is 0.656 bits per heavy atom. The fraction of sp³-hybridized carbons (Fsp3) is 0.500. The maximum Gasteiger partial charge on any atom is 0.152 e. The van der Waals surface area contributed by atoms with Crippen molar-refractivity contribution in [3.05, 3.63) is 59.7 Å². The van der Waals surface area contributed by atoms with Gasteiger partial charge in [0.05, 0.1) is 32.8 Å². The van der Waals surface area contributed by atoms with Gasteiger partial charge >= 0.3 is 0 Å². The molecule has 4 atom stereocenters. The number of alkyl halides is 2. The van der Waals surface area contributed by atoms with Crippen molar-refractivity contribution in [1.82, 2.24) is 0 Å². The maximum absolute atomic E-state index is 13.5. The summed E-state index contributed by atoms with van der Waals surface area (Å²) in [5.41, 5.74) is -1.12. The molecule has 0 spiro atoms. The molecule has 0 bridgehead atoms. The Morgan fingerprint density at radius 2 is 0.906 bits per heavy atom. The standard InChI is InChI=1S/C24H32Cl2O4S2/c1-17-7-11-19(12-8-17)31(29)23(25,21(3,4)27)15-16-24(26,22(5,6)28)32(30)20-13-9-18(2)10-14-20/h7-14,27-28H,15-16H2,1-6H3/t23-,24+,31+,32-. The van der Waals surface area contributed by atoms with Crippen LogP contribution in [0.2, 0.25) is 0 Å². The first-order chi connectivity index (χ1) is 14.5. The summed E-state index contributed by atoms with van der Waals surface area (Å²) in [7, 11) is -3.62. The van der Waals surface area contributed by atoms with Gasteiger partial charge in [0.2, 0.25) is 0 Å².